The number of benzene rings is 2. The van der Waals surface area contributed by atoms with E-state index < -0.39 is 17.8 Å². The van der Waals surface area contributed by atoms with Crippen LogP contribution in [0.5, 0.6) is 0 Å². The summed E-state index contributed by atoms with van der Waals surface area (Å²) in [5.74, 6) is -0.193. The molecule has 0 saturated heterocycles. The Labute approximate surface area is 250 Å². The van der Waals surface area contributed by atoms with E-state index in [1.807, 2.05) is 16.8 Å². The van der Waals surface area contributed by atoms with Crippen molar-refractivity contribution in [3.63, 3.8) is 0 Å². The molecule has 220 valence electrons. The standard InChI is InChI=1S/C30H29Cl2F3N6O/c1-2-40-16-23(27(38-40)30(33,34)35)20-11-17(15-39-9-10-41(29(39)36)22-6-7-22)12-21(13-20)28(42)37-26(18-3-4-18)19-5-8-24(31)25(32)14-19/h5,8-14,16,18,22,26,36H,2-4,6-7,15H2,1H3,(H,37,42). The third-order valence-corrected chi connectivity index (χ3v) is 8.56. The first-order valence-corrected chi connectivity index (χ1v) is 14.6. The third-order valence-electron chi connectivity index (χ3n) is 7.82. The van der Waals surface area contributed by atoms with Crippen molar-refractivity contribution in [3.05, 3.63) is 93.0 Å². The molecule has 6 rings (SSSR count). The van der Waals surface area contributed by atoms with Gasteiger partial charge < -0.3 is 14.5 Å². The highest BCUT2D eigenvalue weighted by atomic mass is 35.5. The van der Waals surface area contributed by atoms with Gasteiger partial charge in [-0.15, -0.1) is 0 Å². The summed E-state index contributed by atoms with van der Waals surface area (Å²) in [6.45, 7) is 2.19. The number of imidazole rings is 1. The van der Waals surface area contributed by atoms with Gasteiger partial charge in [0.1, 0.15) is 0 Å². The van der Waals surface area contributed by atoms with Crippen LogP contribution < -0.4 is 10.9 Å². The Bertz CT molecular complexity index is 1710. The van der Waals surface area contributed by atoms with Gasteiger partial charge in [0.05, 0.1) is 22.6 Å². The molecule has 2 heterocycles. The number of carbonyl (C=O) groups excluding carboxylic acids is 1. The minimum atomic E-state index is -4.68. The summed E-state index contributed by atoms with van der Waals surface area (Å²) in [6.07, 6.45) is 4.22. The van der Waals surface area contributed by atoms with E-state index in [-0.39, 0.29) is 41.7 Å². The van der Waals surface area contributed by atoms with Gasteiger partial charge in [0.25, 0.3) is 5.91 Å². The summed E-state index contributed by atoms with van der Waals surface area (Å²) in [6, 6.07) is 10.0. The SMILES string of the molecule is CCn1cc(-c2cc(Cn3ccn(C4CC4)c3=N)cc(C(=O)NC(c3ccc(Cl)c(Cl)c3)C3CC3)c2)c(C(F)(F)F)n1. The Hall–Kier alpha value is -3.50. The van der Waals surface area contributed by atoms with Gasteiger partial charge >= 0.3 is 6.18 Å². The van der Waals surface area contributed by atoms with E-state index in [4.69, 9.17) is 28.6 Å². The number of hydrogen-bond donors (Lipinski definition) is 2. The van der Waals surface area contributed by atoms with Crippen LogP contribution in [0.15, 0.2) is 55.0 Å². The van der Waals surface area contributed by atoms with E-state index in [2.05, 4.69) is 10.4 Å². The maximum absolute atomic E-state index is 14.0. The lowest BCUT2D eigenvalue weighted by atomic mass is 9.98. The highest BCUT2D eigenvalue weighted by Crippen LogP contribution is 2.43. The Morgan fingerprint density at radius 3 is 2.50 bits per heavy atom. The van der Waals surface area contributed by atoms with E-state index in [0.717, 1.165) is 31.2 Å². The van der Waals surface area contributed by atoms with Gasteiger partial charge in [-0.3, -0.25) is 14.9 Å². The topological polar surface area (TPSA) is 80.6 Å². The number of alkyl halides is 3. The minimum absolute atomic E-state index is 0.102. The predicted molar refractivity (Wildman–Crippen MR) is 153 cm³/mol. The molecule has 0 spiro atoms. The number of nitrogens with zero attached hydrogens (tertiary/aromatic N) is 4. The molecule has 2 fully saturated rings. The van der Waals surface area contributed by atoms with E-state index in [1.54, 1.807) is 42.0 Å². The molecule has 12 heteroatoms. The monoisotopic (exact) mass is 616 g/mol. The molecule has 1 unspecified atom stereocenters. The molecule has 1 amide bonds. The number of hydrogen-bond acceptors (Lipinski definition) is 3. The molecule has 2 aliphatic rings. The molecule has 42 heavy (non-hydrogen) atoms. The number of rotatable bonds is 9. The molecular weight excluding hydrogens is 588 g/mol. The van der Waals surface area contributed by atoms with Crippen LogP contribution in [0.4, 0.5) is 13.2 Å². The molecule has 4 aromatic rings. The van der Waals surface area contributed by atoms with E-state index in [0.29, 0.717) is 27.3 Å². The molecule has 2 saturated carbocycles. The van der Waals surface area contributed by atoms with Gasteiger partial charge in [-0.25, -0.2) is 0 Å². The summed E-state index contributed by atoms with van der Waals surface area (Å²) in [7, 11) is 0. The smallest absolute Gasteiger partial charge is 0.345 e. The first-order chi connectivity index (χ1) is 20.0. The molecule has 0 aliphatic heterocycles. The number of aryl methyl sites for hydroxylation is 1. The van der Waals surface area contributed by atoms with Crippen LogP contribution in [0.1, 0.15) is 71.9 Å². The van der Waals surface area contributed by atoms with Crippen LogP contribution in [-0.2, 0) is 19.3 Å². The Morgan fingerprint density at radius 2 is 1.86 bits per heavy atom. The summed E-state index contributed by atoms with van der Waals surface area (Å²) in [4.78, 5) is 13.8. The van der Waals surface area contributed by atoms with Crippen molar-refractivity contribution >= 4 is 29.1 Å². The van der Waals surface area contributed by atoms with Crippen molar-refractivity contribution < 1.29 is 18.0 Å². The number of carbonyl (C=O) groups is 1. The van der Waals surface area contributed by atoms with Gasteiger partial charge in [0, 0.05) is 42.3 Å². The fourth-order valence-corrected chi connectivity index (χ4v) is 5.63. The summed E-state index contributed by atoms with van der Waals surface area (Å²) >= 11 is 12.4. The number of amides is 1. The van der Waals surface area contributed by atoms with Gasteiger partial charge in [-0.2, -0.15) is 18.3 Å². The fraction of sp³-hybridized carbons (Fsp3) is 0.367. The van der Waals surface area contributed by atoms with Crippen molar-refractivity contribution in [3.8, 4) is 11.1 Å². The van der Waals surface area contributed by atoms with Gasteiger partial charge in [-0.1, -0.05) is 29.3 Å². The van der Waals surface area contributed by atoms with E-state index >= 15 is 0 Å². The van der Waals surface area contributed by atoms with E-state index in [9.17, 15) is 18.0 Å². The van der Waals surface area contributed by atoms with Crippen molar-refractivity contribution in [2.75, 3.05) is 0 Å². The third kappa shape index (κ3) is 5.87. The van der Waals surface area contributed by atoms with Gasteiger partial charge in [-0.05, 0) is 85.5 Å². The number of halogens is 5. The lowest BCUT2D eigenvalue weighted by Gasteiger charge is -2.20. The Balaban J connectivity index is 1.40. The zero-order valence-corrected chi connectivity index (χ0v) is 24.3. The lowest BCUT2D eigenvalue weighted by Crippen LogP contribution is -2.30. The molecule has 0 bridgehead atoms. The maximum atomic E-state index is 14.0. The normalized spacial score (nSPS) is 16.0. The second-order valence-corrected chi connectivity index (χ2v) is 11.8. The highest BCUT2D eigenvalue weighted by molar-refractivity contribution is 6.42. The largest absolute Gasteiger partial charge is 0.435 e. The van der Waals surface area contributed by atoms with Crippen molar-refractivity contribution in [1.29, 1.82) is 5.41 Å². The quantitative estimate of drug-likeness (QED) is 0.208. The van der Waals surface area contributed by atoms with E-state index in [1.165, 1.54) is 16.9 Å². The summed E-state index contributed by atoms with van der Waals surface area (Å²) < 4.78 is 47.0. The summed E-state index contributed by atoms with van der Waals surface area (Å²) in [5, 5.41) is 16.2. The molecular formula is C30H29Cl2F3N6O. The first kappa shape index (κ1) is 28.6. The Kier molecular flexibility index (Phi) is 7.47. The predicted octanol–water partition coefficient (Wildman–Crippen LogP) is 7.24. The fourth-order valence-electron chi connectivity index (χ4n) is 5.32. The average Bonchev–Trinajstić information content (AvgIpc) is 3.89. The lowest BCUT2D eigenvalue weighted by molar-refractivity contribution is -0.141. The van der Waals surface area contributed by atoms with Crippen molar-refractivity contribution in [1.82, 2.24) is 24.2 Å². The molecule has 2 N–H and O–H groups in total. The number of nitrogens with one attached hydrogen (secondary N) is 2. The number of aromatic nitrogens is 4. The minimum Gasteiger partial charge on any atom is -0.345 e. The summed E-state index contributed by atoms with van der Waals surface area (Å²) in [5.41, 5.74) is 1.06. The highest BCUT2D eigenvalue weighted by Gasteiger charge is 2.38. The zero-order chi connectivity index (χ0) is 29.8. The molecule has 7 nitrogen and oxygen atoms in total. The van der Waals surface area contributed by atoms with Gasteiger partial charge in [0.15, 0.2) is 5.69 Å². The van der Waals surface area contributed by atoms with Crippen LogP contribution in [0.2, 0.25) is 10.0 Å². The van der Waals surface area contributed by atoms with Crippen LogP contribution in [0.25, 0.3) is 11.1 Å². The maximum Gasteiger partial charge on any atom is 0.435 e. The molecule has 2 aromatic heterocycles. The van der Waals surface area contributed by atoms with Crippen LogP contribution in [0.3, 0.4) is 0 Å². The van der Waals surface area contributed by atoms with Crippen LogP contribution in [-0.4, -0.2) is 24.8 Å². The van der Waals surface area contributed by atoms with Crippen LogP contribution >= 0.6 is 23.2 Å². The zero-order valence-electron chi connectivity index (χ0n) is 22.8. The van der Waals surface area contributed by atoms with Crippen molar-refractivity contribution in [2.45, 2.75) is 64.0 Å². The molecule has 2 aromatic carbocycles. The Morgan fingerprint density at radius 1 is 1.10 bits per heavy atom. The molecule has 0 radical (unpaired) electrons. The first-order valence-electron chi connectivity index (χ1n) is 13.9. The van der Waals surface area contributed by atoms with Crippen LogP contribution in [0, 0.1) is 11.3 Å². The van der Waals surface area contributed by atoms with Gasteiger partial charge in [0.2, 0.25) is 5.62 Å². The molecule has 2 aliphatic carbocycles. The second kappa shape index (κ2) is 11.0. The molecule has 1 atom stereocenters. The average molecular weight is 618 g/mol. The second-order valence-electron chi connectivity index (χ2n) is 11.0. The van der Waals surface area contributed by atoms with Crippen molar-refractivity contribution in [2.24, 2.45) is 5.92 Å².